The summed E-state index contributed by atoms with van der Waals surface area (Å²) in [7, 11) is 2.88. The molecule has 1 aromatic carbocycles. The fourth-order valence-electron chi connectivity index (χ4n) is 2.37. The molecule has 9 heteroatoms. The van der Waals surface area contributed by atoms with Crippen LogP contribution in [0.4, 0.5) is 5.13 Å². The van der Waals surface area contributed by atoms with Crippen LogP contribution >= 0.6 is 34.3 Å². The highest BCUT2D eigenvalue weighted by Crippen LogP contribution is 2.38. The first-order valence-corrected chi connectivity index (χ1v) is 9.65. The third-order valence-electron chi connectivity index (χ3n) is 3.66. The number of amides is 1. The Hall–Kier alpha value is -2.16. The molecule has 3 aromatic rings. The molecule has 1 amide bonds. The van der Waals surface area contributed by atoms with Gasteiger partial charge >= 0.3 is 5.97 Å². The number of nitrogens with one attached hydrogen (secondary N) is 1. The maximum absolute atomic E-state index is 12.6. The number of carbonyl (C=O) groups is 2. The molecule has 0 aliphatic carbocycles. The minimum atomic E-state index is -0.466. The van der Waals surface area contributed by atoms with Crippen molar-refractivity contribution in [3.05, 3.63) is 38.7 Å². The van der Waals surface area contributed by atoms with Crippen LogP contribution in [0, 0.1) is 0 Å². The van der Waals surface area contributed by atoms with E-state index in [9.17, 15) is 9.59 Å². The number of thiophene rings is 1. The van der Waals surface area contributed by atoms with Gasteiger partial charge in [-0.2, -0.15) is 0 Å². The highest BCUT2D eigenvalue weighted by Gasteiger charge is 2.22. The maximum atomic E-state index is 12.6. The van der Waals surface area contributed by atoms with Crippen LogP contribution in [-0.2, 0) is 11.2 Å². The number of ether oxygens (including phenoxy) is 2. The van der Waals surface area contributed by atoms with Crippen molar-refractivity contribution >= 4 is 61.4 Å². The molecule has 6 nitrogen and oxygen atoms in total. The molecular formula is C17H15ClN2O4S2. The van der Waals surface area contributed by atoms with Crippen molar-refractivity contribution in [1.29, 1.82) is 0 Å². The third kappa shape index (κ3) is 3.40. The summed E-state index contributed by atoms with van der Waals surface area (Å²) < 4.78 is 10.8. The second-order valence-corrected chi connectivity index (χ2v) is 7.63. The van der Waals surface area contributed by atoms with Gasteiger partial charge in [0.1, 0.15) is 15.5 Å². The summed E-state index contributed by atoms with van der Waals surface area (Å²) in [5.41, 5.74) is 0.587. The van der Waals surface area contributed by atoms with E-state index in [4.69, 9.17) is 21.1 Å². The second-order valence-electron chi connectivity index (χ2n) is 5.20. The zero-order valence-electron chi connectivity index (χ0n) is 14.2. The van der Waals surface area contributed by atoms with E-state index in [-0.39, 0.29) is 5.91 Å². The number of halogens is 1. The Morgan fingerprint density at radius 2 is 2.00 bits per heavy atom. The lowest BCUT2D eigenvalue weighted by Gasteiger charge is -2.00. The van der Waals surface area contributed by atoms with Gasteiger partial charge in [0.05, 0.1) is 24.9 Å². The number of aryl methyl sites for hydroxylation is 1. The molecular weight excluding hydrogens is 396 g/mol. The first-order chi connectivity index (χ1) is 12.5. The number of carbonyl (C=O) groups excluding carboxylic acids is 2. The molecule has 0 unspecified atom stereocenters. The van der Waals surface area contributed by atoms with Crippen molar-refractivity contribution in [2.24, 2.45) is 0 Å². The van der Waals surface area contributed by atoms with Crippen LogP contribution in [0.1, 0.15) is 32.0 Å². The topological polar surface area (TPSA) is 77.5 Å². The van der Waals surface area contributed by atoms with E-state index in [0.717, 1.165) is 21.4 Å². The molecule has 1 N–H and O–H groups in total. The molecule has 0 fully saturated rings. The quantitative estimate of drug-likeness (QED) is 0.621. The molecule has 0 radical (unpaired) electrons. The highest BCUT2D eigenvalue weighted by molar-refractivity contribution is 7.22. The Kier molecular flexibility index (Phi) is 5.45. The normalized spacial score (nSPS) is 10.8. The van der Waals surface area contributed by atoms with Crippen LogP contribution in [0.15, 0.2) is 18.2 Å². The van der Waals surface area contributed by atoms with E-state index in [1.54, 1.807) is 13.2 Å². The van der Waals surface area contributed by atoms with Crippen LogP contribution in [0.25, 0.3) is 10.1 Å². The van der Waals surface area contributed by atoms with Gasteiger partial charge in [-0.3, -0.25) is 10.1 Å². The van der Waals surface area contributed by atoms with E-state index in [2.05, 4.69) is 10.3 Å². The van der Waals surface area contributed by atoms with E-state index in [0.29, 0.717) is 37.8 Å². The molecule has 136 valence electrons. The Labute approximate surface area is 162 Å². The number of thiazole rings is 1. The molecule has 0 bridgehead atoms. The van der Waals surface area contributed by atoms with Gasteiger partial charge in [-0.15, -0.1) is 11.3 Å². The smallest absolute Gasteiger partial charge is 0.350 e. The Balaban J connectivity index is 1.91. The Morgan fingerprint density at radius 1 is 1.23 bits per heavy atom. The predicted molar refractivity (Wildman–Crippen MR) is 104 cm³/mol. The lowest BCUT2D eigenvalue weighted by Crippen LogP contribution is -2.10. The average molecular weight is 411 g/mol. The molecule has 26 heavy (non-hydrogen) atoms. The first kappa shape index (κ1) is 18.6. The van der Waals surface area contributed by atoms with Crippen molar-refractivity contribution in [1.82, 2.24) is 4.98 Å². The number of rotatable bonds is 5. The van der Waals surface area contributed by atoms with Crippen molar-refractivity contribution < 1.29 is 19.1 Å². The minimum Gasteiger partial charge on any atom is -0.497 e. The number of aromatic nitrogens is 1. The number of nitrogens with zero attached hydrogens (tertiary/aromatic N) is 1. The van der Waals surface area contributed by atoms with Gasteiger partial charge in [-0.05, 0) is 24.6 Å². The minimum absolute atomic E-state index is 0.332. The zero-order chi connectivity index (χ0) is 18.8. The van der Waals surface area contributed by atoms with E-state index in [1.165, 1.54) is 18.4 Å². The number of fused-ring (bicyclic) bond motifs is 1. The number of hydrogen-bond acceptors (Lipinski definition) is 7. The van der Waals surface area contributed by atoms with E-state index in [1.807, 2.05) is 19.1 Å². The Morgan fingerprint density at radius 3 is 2.65 bits per heavy atom. The molecule has 0 aliphatic rings. The first-order valence-electron chi connectivity index (χ1n) is 7.63. The molecule has 0 aliphatic heterocycles. The monoisotopic (exact) mass is 410 g/mol. The largest absolute Gasteiger partial charge is 0.497 e. The molecule has 2 heterocycles. The summed E-state index contributed by atoms with van der Waals surface area (Å²) >= 11 is 8.75. The molecule has 3 rings (SSSR count). The number of methoxy groups -OCH3 is 2. The zero-order valence-corrected chi connectivity index (χ0v) is 16.6. The van der Waals surface area contributed by atoms with E-state index < -0.39 is 5.97 Å². The van der Waals surface area contributed by atoms with Crippen LogP contribution in [0.5, 0.6) is 5.75 Å². The summed E-state index contributed by atoms with van der Waals surface area (Å²) in [5.74, 6) is -0.172. The molecule has 0 spiro atoms. The van der Waals surface area contributed by atoms with Crippen LogP contribution in [0.2, 0.25) is 5.02 Å². The standard InChI is InChI=1S/C17H15ClN2O4S2/c1-4-10-13(16(22)24-3)26-17(19-10)20-15(21)14-12(18)9-7-8(23-2)5-6-11(9)25-14/h5-7H,4H2,1-3H3,(H,19,20,21). The van der Waals surface area contributed by atoms with Crippen LogP contribution < -0.4 is 10.1 Å². The van der Waals surface area contributed by atoms with Gasteiger partial charge in [-0.1, -0.05) is 29.9 Å². The number of anilines is 1. The second kappa shape index (κ2) is 7.61. The maximum Gasteiger partial charge on any atom is 0.350 e. The summed E-state index contributed by atoms with van der Waals surface area (Å²) in [6.07, 6.45) is 0.556. The van der Waals surface area contributed by atoms with Crippen molar-refractivity contribution in [2.75, 3.05) is 19.5 Å². The lowest BCUT2D eigenvalue weighted by atomic mass is 10.2. The number of hydrogen-bond donors (Lipinski definition) is 1. The predicted octanol–water partition coefficient (Wildman–Crippen LogP) is 4.62. The molecule has 0 saturated heterocycles. The average Bonchev–Trinajstić information content (AvgIpc) is 3.21. The van der Waals surface area contributed by atoms with E-state index >= 15 is 0 Å². The van der Waals surface area contributed by atoms with Gasteiger partial charge in [0.2, 0.25) is 0 Å². The Bertz CT molecular complexity index is 996. The van der Waals surface area contributed by atoms with Crippen molar-refractivity contribution in [3.63, 3.8) is 0 Å². The highest BCUT2D eigenvalue weighted by atomic mass is 35.5. The summed E-state index contributed by atoms with van der Waals surface area (Å²) in [4.78, 5) is 29.5. The van der Waals surface area contributed by atoms with Crippen molar-refractivity contribution in [2.45, 2.75) is 13.3 Å². The molecule has 0 atom stereocenters. The SMILES string of the molecule is CCc1nc(NC(=O)c2sc3ccc(OC)cc3c2Cl)sc1C(=O)OC. The van der Waals surface area contributed by atoms with Crippen molar-refractivity contribution in [3.8, 4) is 5.75 Å². The lowest BCUT2D eigenvalue weighted by molar-refractivity contribution is 0.0604. The summed E-state index contributed by atoms with van der Waals surface area (Å²) in [5, 5.41) is 4.17. The fraction of sp³-hybridized carbons (Fsp3) is 0.235. The van der Waals surface area contributed by atoms with Crippen LogP contribution in [-0.4, -0.2) is 31.1 Å². The third-order valence-corrected chi connectivity index (χ3v) is 6.33. The number of benzene rings is 1. The van der Waals surface area contributed by atoms with Gasteiger partial charge in [0, 0.05) is 10.1 Å². The van der Waals surface area contributed by atoms with Gasteiger partial charge in [0.15, 0.2) is 5.13 Å². The van der Waals surface area contributed by atoms with Gasteiger partial charge in [0.25, 0.3) is 5.91 Å². The van der Waals surface area contributed by atoms with Crippen LogP contribution in [0.3, 0.4) is 0 Å². The molecule has 2 aromatic heterocycles. The number of esters is 1. The van der Waals surface area contributed by atoms with Gasteiger partial charge < -0.3 is 9.47 Å². The molecule has 0 saturated carbocycles. The summed E-state index contributed by atoms with van der Waals surface area (Å²) in [6.45, 7) is 1.88. The summed E-state index contributed by atoms with van der Waals surface area (Å²) in [6, 6.07) is 5.46. The fourth-order valence-corrected chi connectivity index (χ4v) is 4.72. The van der Waals surface area contributed by atoms with Gasteiger partial charge in [-0.25, -0.2) is 9.78 Å².